The highest BCUT2D eigenvalue weighted by atomic mass is 32.2. The standard InChI is InChI=1S/C17H26N2OS/c1-5-17(6-2,21-4)12-19-15(18-13(3)16(19)20)14-10-8-7-9-11-14/h7-11,13,15,18H,5-6,12H2,1-4H3. The minimum atomic E-state index is -0.108. The lowest BCUT2D eigenvalue weighted by Gasteiger charge is -2.36. The quantitative estimate of drug-likeness (QED) is 0.874. The van der Waals surface area contributed by atoms with Crippen LogP contribution in [-0.2, 0) is 4.79 Å². The lowest BCUT2D eigenvalue weighted by atomic mass is 10.0. The molecule has 0 aromatic heterocycles. The Bertz CT molecular complexity index is 465. The number of amides is 1. The number of carbonyl (C=O) groups excluding carboxylic acids is 1. The minimum Gasteiger partial charge on any atom is -0.320 e. The third kappa shape index (κ3) is 3.27. The van der Waals surface area contributed by atoms with Crippen LogP contribution >= 0.6 is 11.8 Å². The maximum absolute atomic E-state index is 12.6. The normalized spacial score (nSPS) is 22.9. The van der Waals surface area contributed by atoms with E-state index in [2.05, 4.69) is 37.6 Å². The number of benzene rings is 1. The zero-order valence-corrected chi connectivity index (χ0v) is 14.2. The highest BCUT2D eigenvalue weighted by Crippen LogP contribution is 2.35. The molecule has 2 atom stereocenters. The zero-order chi connectivity index (χ0) is 15.5. The maximum atomic E-state index is 12.6. The molecule has 21 heavy (non-hydrogen) atoms. The fourth-order valence-corrected chi connectivity index (χ4v) is 3.84. The third-order valence-corrected chi connectivity index (χ3v) is 6.24. The summed E-state index contributed by atoms with van der Waals surface area (Å²) in [7, 11) is 0. The summed E-state index contributed by atoms with van der Waals surface area (Å²) in [6.07, 6.45) is 4.30. The fourth-order valence-electron chi connectivity index (χ4n) is 2.99. The van der Waals surface area contributed by atoms with Crippen molar-refractivity contribution in [2.24, 2.45) is 0 Å². The van der Waals surface area contributed by atoms with Crippen LogP contribution in [0.15, 0.2) is 30.3 Å². The van der Waals surface area contributed by atoms with E-state index in [-0.39, 0.29) is 22.9 Å². The molecule has 1 fully saturated rings. The smallest absolute Gasteiger partial charge is 0.241 e. The molecule has 1 saturated heterocycles. The average Bonchev–Trinajstić information content (AvgIpc) is 2.81. The third-order valence-electron chi connectivity index (χ3n) is 4.67. The van der Waals surface area contributed by atoms with Gasteiger partial charge >= 0.3 is 0 Å². The van der Waals surface area contributed by atoms with Crippen molar-refractivity contribution in [3.8, 4) is 0 Å². The van der Waals surface area contributed by atoms with Gasteiger partial charge in [-0.25, -0.2) is 0 Å². The van der Waals surface area contributed by atoms with E-state index in [0.717, 1.165) is 24.9 Å². The number of thioether (sulfide) groups is 1. The number of nitrogens with one attached hydrogen (secondary N) is 1. The lowest BCUT2D eigenvalue weighted by Crippen LogP contribution is -2.43. The number of rotatable bonds is 6. The molecule has 0 bridgehead atoms. The highest BCUT2D eigenvalue weighted by molar-refractivity contribution is 8.00. The van der Waals surface area contributed by atoms with Crippen molar-refractivity contribution in [1.29, 1.82) is 0 Å². The van der Waals surface area contributed by atoms with Crippen LogP contribution in [0.1, 0.15) is 45.3 Å². The molecular weight excluding hydrogens is 280 g/mol. The minimum absolute atomic E-state index is 0.00155. The van der Waals surface area contributed by atoms with E-state index in [4.69, 9.17) is 0 Å². The largest absolute Gasteiger partial charge is 0.320 e. The van der Waals surface area contributed by atoms with E-state index in [1.807, 2.05) is 41.8 Å². The molecule has 1 aromatic rings. The summed E-state index contributed by atoms with van der Waals surface area (Å²) in [5, 5.41) is 3.43. The summed E-state index contributed by atoms with van der Waals surface area (Å²) in [6, 6.07) is 10.2. The van der Waals surface area contributed by atoms with Crippen LogP contribution in [0.5, 0.6) is 0 Å². The van der Waals surface area contributed by atoms with Gasteiger partial charge in [-0.1, -0.05) is 44.2 Å². The van der Waals surface area contributed by atoms with E-state index in [9.17, 15) is 4.79 Å². The highest BCUT2D eigenvalue weighted by Gasteiger charge is 2.41. The van der Waals surface area contributed by atoms with Crippen molar-refractivity contribution in [2.75, 3.05) is 12.8 Å². The summed E-state index contributed by atoms with van der Waals surface area (Å²) in [6.45, 7) is 7.19. The van der Waals surface area contributed by atoms with E-state index in [1.165, 1.54) is 0 Å². The van der Waals surface area contributed by atoms with Crippen molar-refractivity contribution in [1.82, 2.24) is 10.2 Å². The van der Waals surface area contributed by atoms with E-state index >= 15 is 0 Å². The van der Waals surface area contributed by atoms with Gasteiger partial charge in [0.1, 0.15) is 6.17 Å². The van der Waals surface area contributed by atoms with Crippen molar-refractivity contribution in [3.05, 3.63) is 35.9 Å². The number of hydrogen-bond acceptors (Lipinski definition) is 3. The van der Waals surface area contributed by atoms with Crippen LogP contribution in [0, 0.1) is 0 Å². The van der Waals surface area contributed by atoms with Gasteiger partial charge in [0, 0.05) is 11.3 Å². The van der Waals surface area contributed by atoms with Crippen molar-refractivity contribution >= 4 is 17.7 Å². The van der Waals surface area contributed by atoms with Gasteiger partial charge in [-0.05, 0) is 31.6 Å². The molecule has 3 nitrogen and oxygen atoms in total. The Kier molecular flexibility index (Phi) is 5.33. The van der Waals surface area contributed by atoms with Gasteiger partial charge in [-0.15, -0.1) is 0 Å². The second-order valence-corrected chi connectivity index (χ2v) is 7.04. The summed E-state index contributed by atoms with van der Waals surface area (Å²) in [4.78, 5) is 14.6. The van der Waals surface area contributed by atoms with Gasteiger partial charge in [0.05, 0.1) is 6.04 Å². The first kappa shape index (κ1) is 16.4. The number of carbonyl (C=O) groups is 1. The predicted octanol–water partition coefficient (Wildman–Crippen LogP) is 3.43. The Morgan fingerprint density at radius 3 is 2.38 bits per heavy atom. The first-order valence-corrected chi connectivity index (χ1v) is 8.96. The molecule has 4 heteroatoms. The molecule has 0 spiro atoms. The van der Waals surface area contributed by atoms with Crippen LogP contribution in [0.2, 0.25) is 0 Å². The van der Waals surface area contributed by atoms with Crippen LogP contribution in [0.4, 0.5) is 0 Å². The van der Waals surface area contributed by atoms with Crippen LogP contribution in [0.25, 0.3) is 0 Å². The van der Waals surface area contributed by atoms with Crippen LogP contribution < -0.4 is 5.32 Å². The molecule has 1 amide bonds. The van der Waals surface area contributed by atoms with E-state index < -0.39 is 0 Å². The molecule has 1 heterocycles. The predicted molar refractivity (Wildman–Crippen MR) is 90.3 cm³/mol. The topological polar surface area (TPSA) is 32.3 Å². The van der Waals surface area contributed by atoms with Gasteiger partial charge in [0.25, 0.3) is 0 Å². The van der Waals surface area contributed by atoms with Crippen LogP contribution in [-0.4, -0.2) is 34.4 Å². The SMILES string of the molecule is CCC(CC)(CN1C(=O)C(C)NC1c1ccccc1)SC. The van der Waals surface area contributed by atoms with Gasteiger partial charge < -0.3 is 4.90 Å². The summed E-state index contributed by atoms with van der Waals surface area (Å²) in [5.74, 6) is 0.212. The second kappa shape index (κ2) is 6.84. The molecular formula is C17H26N2OS. The Labute approximate surface area is 132 Å². The van der Waals surface area contributed by atoms with Crippen molar-refractivity contribution in [3.63, 3.8) is 0 Å². The Hall–Kier alpha value is -1.00. The van der Waals surface area contributed by atoms with Gasteiger partial charge in [-0.2, -0.15) is 11.8 Å². The Morgan fingerprint density at radius 1 is 1.24 bits per heavy atom. The molecule has 0 radical (unpaired) electrons. The van der Waals surface area contributed by atoms with Gasteiger partial charge in [0.15, 0.2) is 0 Å². The maximum Gasteiger partial charge on any atom is 0.241 e. The van der Waals surface area contributed by atoms with E-state index in [1.54, 1.807) is 0 Å². The molecule has 2 unspecified atom stereocenters. The van der Waals surface area contributed by atoms with Crippen molar-refractivity contribution in [2.45, 2.75) is 50.6 Å². The zero-order valence-electron chi connectivity index (χ0n) is 13.4. The Morgan fingerprint density at radius 2 is 1.86 bits per heavy atom. The summed E-state index contributed by atoms with van der Waals surface area (Å²) in [5.41, 5.74) is 1.16. The first-order chi connectivity index (χ1) is 10.1. The van der Waals surface area contributed by atoms with Crippen LogP contribution in [0.3, 0.4) is 0 Å². The molecule has 0 aliphatic carbocycles. The number of hydrogen-bond donors (Lipinski definition) is 1. The second-order valence-electron chi connectivity index (χ2n) is 5.76. The van der Waals surface area contributed by atoms with Gasteiger partial charge in [-0.3, -0.25) is 10.1 Å². The Balaban J connectivity index is 2.27. The van der Waals surface area contributed by atoms with E-state index in [0.29, 0.717) is 0 Å². The monoisotopic (exact) mass is 306 g/mol. The molecule has 1 aliphatic rings. The number of nitrogens with zero attached hydrogens (tertiary/aromatic N) is 1. The average molecular weight is 306 g/mol. The summed E-state index contributed by atoms with van der Waals surface area (Å²) >= 11 is 1.88. The fraction of sp³-hybridized carbons (Fsp3) is 0.588. The molecule has 1 aliphatic heterocycles. The molecule has 0 saturated carbocycles. The van der Waals surface area contributed by atoms with Crippen molar-refractivity contribution < 1.29 is 4.79 Å². The lowest BCUT2D eigenvalue weighted by molar-refractivity contribution is -0.130. The van der Waals surface area contributed by atoms with Gasteiger partial charge in [0.2, 0.25) is 5.91 Å². The molecule has 116 valence electrons. The molecule has 2 rings (SSSR count). The summed E-state index contributed by atoms with van der Waals surface area (Å²) < 4.78 is 0.147. The first-order valence-electron chi connectivity index (χ1n) is 7.73. The molecule has 1 aromatic carbocycles. The molecule has 1 N–H and O–H groups in total.